The molecule has 0 atom stereocenters. The van der Waals surface area contributed by atoms with Gasteiger partial charge in [0.25, 0.3) is 0 Å². The lowest BCUT2D eigenvalue weighted by Crippen LogP contribution is -2.10. The van der Waals surface area contributed by atoms with Crippen LogP contribution in [-0.2, 0) is 4.74 Å². The van der Waals surface area contributed by atoms with Crippen LogP contribution in [0.4, 0.5) is 13.6 Å². The summed E-state index contributed by atoms with van der Waals surface area (Å²) in [6.07, 6.45) is -0.205. The summed E-state index contributed by atoms with van der Waals surface area (Å²) in [7, 11) is 0. The summed E-state index contributed by atoms with van der Waals surface area (Å²) < 4.78 is 36.7. The van der Waals surface area contributed by atoms with E-state index in [1.165, 1.54) is 6.07 Å². The third-order valence-electron chi connectivity index (χ3n) is 2.84. The fourth-order valence-electron chi connectivity index (χ4n) is 1.77. The van der Waals surface area contributed by atoms with Crippen LogP contribution in [0.15, 0.2) is 25.0 Å². The monoisotopic (exact) mass is 279 g/mol. The maximum atomic E-state index is 13.9. The van der Waals surface area contributed by atoms with E-state index in [9.17, 15) is 13.6 Å². The van der Waals surface area contributed by atoms with Crippen molar-refractivity contribution in [3.05, 3.63) is 47.9 Å². The SMILES string of the molecule is C=COC(=O)Oc1c(C)c(C)nc2ccc(F)c(F)c12. The summed E-state index contributed by atoms with van der Waals surface area (Å²) in [5.41, 5.74) is 1.14. The summed E-state index contributed by atoms with van der Waals surface area (Å²) >= 11 is 0. The maximum absolute atomic E-state index is 13.9. The first-order valence-electron chi connectivity index (χ1n) is 5.70. The molecule has 0 saturated carbocycles. The molecule has 0 aliphatic carbocycles. The van der Waals surface area contributed by atoms with Gasteiger partial charge in [-0.3, -0.25) is 4.98 Å². The Labute approximate surface area is 113 Å². The van der Waals surface area contributed by atoms with Gasteiger partial charge >= 0.3 is 6.16 Å². The molecule has 4 nitrogen and oxygen atoms in total. The second-order valence-electron chi connectivity index (χ2n) is 4.04. The minimum atomic E-state index is -1.13. The first-order chi connectivity index (χ1) is 9.45. The second-order valence-corrected chi connectivity index (χ2v) is 4.04. The number of aryl methyl sites for hydroxylation is 1. The second kappa shape index (κ2) is 5.24. The van der Waals surface area contributed by atoms with Crippen molar-refractivity contribution in [1.29, 1.82) is 0 Å². The van der Waals surface area contributed by atoms with E-state index in [2.05, 4.69) is 16.3 Å². The van der Waals surface area contributed by atoms with Crippen LogP contribution in [0.3, 0.4) is 0 Å². The van der Waals surface area contributed by atoms with Crippen molar-refractivity contribution in [3.63, 3.8) is 0 Å². The van der Waals surface area contributed by atoms with Gasteiger partial charge in [-0.25, -0.2) is 13.6 Å². The molecule has 0 radical (unpaired) electrons. The average molecular weight is 279 g/mol. The predicted octanol–water partition coefficient (Wildman–Crippen LogP) is 3.79. The summed E-state index contributed by atoms with van der Waals surface area (Å²) in [5.74, 6) is -2.29. The highest BCUT2D eigenvalue weighted by Gasteiger charge is 2.20. The van der Waals surface area contributed by atoms with Crippen molar-refractivity contribution in [2.45, 2.75) is 13.8 Å². The van der Waals surface area contributed by atoms with Gasteiger partial charge in [-0.15, -0.1) is 0 Å². The van der Waals surface area contributed by atoms with E-state index in [4.69, 9.17) is 4.74 Å². The maximum Gasteiger partial charge on any atom is 0.518 e. The Bertz CT molecular complexity index is 713. The highest BCUT2D eigenvalue weighted by Crippen LogP contribution is 2.33. The quantitative estimate of drug-likeness (QED) is 0.620. The number of carbonyl (C=O) groups is 1. The summed E-state index contributed by atoms with van der Waals surface area (Å²) in [6, 6.07) is 2.27. The van der Waals surface area contributed by atoms with E-state index in [1.807, 2.05) is 0 Å². The highest BCUT2D eigenvalue weighted by atomic mass is 19.2. The van der Waals surface area contributed by atoms with E-state index < -0.39 is 17.8 Å². The van der Waals surface area contributed by atoms with E-state index in [1.54, 1.807) is 13.8 Å². The van der Waals surface area contributed by atoms with E-state index in [0.29, 0.717) is 11.3 Å². The molecule has 20 heavy (non-hydrogen) atoms. The minimum Gasteiger partial charge on any atom is -0.403 e. The molecule has 0 amide bonds. The number of nitrogens with zero attached hydrogens (tertiary/aromatic N) is 1. The summed E-state index contributed by atoms with van der Waals surface area (Å²) in [6.45, 7) is 6.46. The van der Waals surface area contributed by atoms with Crippen LogP contribution in [0.1, 0.15) is 11.3 Å². The summed E-state index contributed by atoms with van der Waals surface area (Å²) in [4.78, 5) is 15.5. The molecular formula is C14H11F2NO3. The molecule has 0 unspecified atom stereocenters. The van der Waals surface area contributed by atoms with Crippen molar-refractivity contribution < 1.29 is 23.0 Å². The van der Waals surface area contributed by atoms with E-state index >= 15 is 0 Å². The van der Waals surface area contributed by atoms with Crippen LogP contribution >= 0.6 is 0 Å². The number of hydrogen-bond donors (Lipinski definition) is 0. The standard InChI is InChI=1S/C14H11F2NO3/c1-4-19-14(18)20-13-7(2)8(3)17-10-6-5-9(15)12(16)11(10)13/h4-6H,1H2,2-3H3. The zero-order valence-electron chi connectivity index (χ0n) is 10.9. The Kier molecular flexibility index (Phi) is 3.65. The van der Waals surface area contributed by atoms with Gasteiger partial charge < -0.3 is 9.47 Å². The zero-order valence-corrected chi connectivity index (χ0v) is 10.9. The molecule has 0 bridgehead atoms. The number of pyridine rings is 1. The molecule has 0 saturated heterocycles. The number of hydrogen-bond acceptors (Lipinski definition) is 4. The molecule has 0 N–H and O–H groups in total. The first-order valence-corrected chi connectivity index (χ1v) is 5.70. The third kappa shape index (κ3) is 2.32. The van der Waals surface area contributed by atoms with Gasteiger partial charge in [0.1, 0.15) is 0 Å². The number of ether oxygens (including phenoxy) is 2. The van der Waals surface area contributed by atoms with Gasteiger partial charge in [0.15, 0.2) is 17.4 Å². The van der Waals surface area contributed by atoms with Crippen LogP contribution in [-0.4, -0.2) is 11.1 Å². The fraction of sp³-hybridized carbons (Fsp3) is 0.143. The van der Waals surface area contributed by atoms with Crippen LogP contribution in [0.2, 0.25) is 0 Å². The molecule has 1 heterocycles. The lowest BCUT2D eigenvalue weighted by molar-refractivity contribution is 0.136. The number of halogens is 2. The minimum absolute atomic E-state index is 0.114. The van der Waals surface area contributed by atoms with Crippen molar-refractivity contribution in [3.8, 4) is 5.75 Å². The Morgan fingerprint density at radius 1 is 1.35 bits per heavy atom. The normalized spacial score (nSPS) is 10.4. The Morgan fingerprint density at radius 3 is 2.70 bits per heavy atom. The zero-order chi connectivity index (χ0) is 14.9. The molecule has 2 aromatic rings. The molecule has 6 heteroatoms. The van der Waals surface area contributed by atoms with Crippen LogP contribution in [0, 0.1) is 25.5 Å². The van der Waals surface area contributed by atoms with Crippen LogP contribution in [0.25, 0.3) is 10.9 Å². The molecule has 104 valence electrons. The Hall–Kier alpha value is -2.50. The molecular weight excluding hydrogens is 268 g/mol. The van der Waals surface area contributed by atoms with Gasteiger partial charge in [0, 0.05) is 11.3 Å². The lowest BCUT2D eigenvalue weighted by atomic mass is 10.1. The van der Waals surface area contributed by atoms with Crippen molar-refractivity contribution in [2.75, 3.05) is 0 Å². The van der Waals surface area contributed by atoms with Gasteiger partial charge in [-0.1, -0.05) is 6.58 Å². The molecule has 0 aliphatic rings. The number of benzene rings is 1. The molecule has 2 rings (SSSR count). The Balaban J connectivity index is 2.72. The van der Waals surface area contributed by atoms with Crippen molar-refractivity contribution >= 4 is 17.1 Å². The smallest absolute Gasteiger partial charge is 0.403 e. The predicted molar refractivity (Wildman–Crippen MR) is 68.4 cm³/mol. The molecule has 0 spiro atoms. The van der Waals surface area contributed by atoms with Crippen molar-refractivity contribution in [1.82, 2.24) is 4.98 Å². The molecule has 1 aromatic heterocycles. The number of fused-ring (bicyclic) bond motifs is 1. The highest BCUT2D eigenvalue weighted by molar-refractivity contribution is 5.89. The summed E-state index contributed by atoms with van der Waals surface area (Å²) in [5, 5.41) is -0.200. The number of rotatable bonds is 2. The largest absolute Gasteiger partial charge is 0.518 e. The third-order valence-corrected chi connectivity index (χ3v) is 2.84. The lowest BCUT2D eigenvalue weighted by Gasteiger charge is -2.12. The van der Waals surface area contributed by atoms with E-state index in [-0.39, 0.29) is 16.7 Å². The fourth-order valence-corrected chi connectivity index (χ4v) is 1.77. The van der Waals surface area contributed by atoms with Gasteiger partial charge in [0.2, 0.25) is 0 Å². The van der Waals surface area contributed by atoms with Gasteiger partial charge in [0.05, 0.1) is 17.2 Å². The Morgan fingerprint density at radius 2 is 2.05 bits per heavy atom. The molecule has 1 aromatic carbocycles. The number of carbonyl (C=O) groups excluding carboxylic acids is 1. The number of aromatic nitrogens is 1. The van der Waals surface area contributed by atoms with Crippen LogP contribution < -0.4 is 4.74 Å². The van der Waals surface area contributed by atoms with Crippen LogP contribution in [0.5, 0.6) is 5.75 Å². The van der Waals surface area contributed by atoms with Gasteiger partial charge in [-0.2, -0.15) is 0 Å². The van der Waals surface area contributed by atoms with E-state index in [0.717, 1.165) is 12.3 Å². The topological polar surface area (TPSA) is 48.4 Å². The average Bonchev–Trinajstić information content (AvgIpc) is 2.40. The first kappa shape index (κ1) is 13.9. The molecule has 0 fully saturated rings. The van der Waals surface area contributed by atoms with Gasteiger partial charge in [-0.05, 0) is 26.0 Å². The van der Waals surface area contributed by atoms with Crippen molar-refractivity contribution in [2.24, 2.45) is 0 Å². The molecule has 0 aliphatic heterocycles.